The van der Waals surface area contributed by atoms with Crippen molar-refractivity contribution < 1.29 is 0 Å². The van der Waals surface area contributed by atoms with Gasteiger partial charge < -0.3 is 15.5 Å². The highest BCUT2D eigenvalue weighted by atomic mass is 15.2. The molecular weight excluding hydrogens is 226 g/mol. The quantitative estimate of drug-likeness (QED) is 0.851. The Labute approximate surface area is 109 Å². The number of likely N-dealkylation sites (tertiary alicyclic amines) is 1. The second-order valence-corrected chi connectivity index (χ2v) is 4.82. The number of rotatable bonds is 4. The molecule has 1 saturated heterocycles. The van der Waals surface area contributed by atoms with E-state index in [2.05, 4.69) is 39.3 Å². The fraction of sp³-hybridized carbons (Fsp3) is 0.692. The largest absolute Gasteiger partial charge is 0.373 e. The monoisotopic (exact) mass is 249 g/mol. The zero-order valence-electron chi connectivity index (χ0n) is 11.5. The summed E-state index contributed by atoms with van der Waals surface area (Å²) in [4.78, 5) is 11.0. The normalized spacial score (nSPS) is 20.7. The van der Waals surface area contributed by atoms with Crippen molar-refractivity contribution in [2.24, 2.45) is 0 Å². The Morgan fingerprint density at radius 3 is 2.89 bits per heavy atom. The van der Waals surface area contributed by atoms with Gasteiger partial charge >= 0.3 is 0 Å². The van der Waals surface area contributed by atoms with Crippen molar-refractivity contribution in [1.82, 2.24) is 14.9 Å². The van der Waals surface area contributed by atoms with Gasteiger partial charge in [0.15, 0.2) is 0 Å². The van der Waals surface area contributed by atoms with Crippen LogP contribution in [-0.2, 0) is 0 Å². The van der Waals surface area contributed by atoms with Crippen molar-refractivity contribution in [3.8, 4) is 0 Å². The van der Waals surface area contributed by atoms with Crippen LogP contribution in [0.1, 0.15) is 25.3 Å². The number of aromatic nitrogens is 2. The minimum Gasteiger partial charge on any atom is -0.373 e. The highest BCUT2D eigenvalue weighted by Crippen LogP contribution is 2.20. The molecule has 1 aromatic rings. The Kier molecular flexibility index (Phi) is 4.36. The van der Waals surface area contributed by atoms with Gasteiger partial charge in [-0.2, -0.15) is 0 Å². The number of nitrogens with one attached hydrogen (secondary N) is 2. The molecule has 1 aliphatic heterocycles. The third kappa shape index (κ3) is 2.90. The van der Waals surface area contributed by atoms with E-state index in [9.17, 15) is 0 Å². The summed E-state index contributed by atoms with van der Waals surface area (Å²) in [5.74, 6) is 1.85. The summed E-state index contributed by atoms with van der Waals surface area (Å²) >= 11 is 0. The van der Waals surface area contributed by atoms with Crippen LogP contribution in [0.4, 0.5) is 11.6 Å². The van der Waals surface area contributed by atoms with Crippen molar-refractivity contribution in [3.05, 3.63) is 11.9 Å². The first-order valence-corrected chi connectivity index (χ1v) is 6.72. The van der Waals surface area contributed by atoms with Crippen LogP contribution in [-0.4, -0.2) is 47.6 Å². The Balaban J connectivity index is 2.04. The van der Waals surface area contributed by atoms with Gasteiger partial charge in [-0.3, -0.25) is 0 Å². The molecule has 18 heavy (non-hydrogen) atoms. The van der Waals surface area contributed by atoms with Crippen molar-refractivity contribution in [2.45, 2.75) is 32.7 Å². The lowest BCUT2D eigenvalue weighted by molar-refractivity contribution is 0.226. The Hall–Kier alpha value is -1.36. The topological polar surface area (TPSA) is 53.1 Å². The molecule has 100 valence electrons. The smallest absolute Gasteiger partial charge is 0.134 e. The van der Waals surface area contributed by atoms with E-state index in [1.54, 1.807) is 6.33 Å². The van der Waals surface area contributed by atoms with Crippen LogP contribution in [0.15, 0.2) is 6.33 Å². The summed E-state index contributed by atoms with van der Waals surface area (Å²) in [5.41, 5.74) is 1.09. The fourth-order valence-electron chi connectivity index (χ4n) is 2.50. The average molecular weight is 249 g/mol. The highest BCUT2D eigenvalue weighted by Gasteiger charge is 2.19. The molecule has 1 aliphatic rings. The van der Waals surface area contributed by atoms with Crippen molar-refractivity contribution >= 4 is 11.6 Å². The maximum atomic E-state index is 4.35. The van der Waals surface area contributed by atoms with Crippen LogP contribution in [0.25, 0.3) is 0 Å². The summed E-state index contributed by atoms with van der Waals surface area (Å²) in [5, 5.41) is 6.65. The number of hydrogen-bond donors (Lipinski definition) is 2. The molecule has 0 aliphatic carbocycles. The number of anilines is 2. The molecule has 0 spiro atoms. The second kappa shape index (κ2) is 6.00. The van der Waals surface area contributed by atoms with Crippen LogP contribution in [0.2, 0.25) is 0 Å². The van der Waals surface area contributed by atoms with Gasteiger partial charge in [-0.25, -0.2) is 9.97 Å². The van der Waals surface area contributed by atoms with Gasteiger partial charge in [0.2, 0.25) is 0 Å². The molecular formula is C13H23N5. The minimum atomic E-state index is 0.497. The molecule has 2 rings (SSSR count). The Morgan fingerprint density at radius 1 is 1.39 bits per heavy atom. The third-order valence-corrected chi connectivity index (χ3v) is 3.61. The maximum Gasteiger partial charge on any atom is 0.134 e. The minimum absolute atomic E-state index is 0.497. The summed E-state index contributed by atoms with van der Waals surface area (Å²) < 4.78 is 0. The first-order valence-electron chi connectivity index (χ1n) is 6.72. The maximum absolute atomic E-state index is 4.35. The molecule has 1 aromatic heterocycles. The molecule has 5 nitrogen and oxygen atoms in total. The molecule has 1 fully saturated rings. The molecule has 2 heterocycles. The van der Waals surface area contributed by atoms with Crippen LogP contribution in [0.5, 0.6) is 0 Å². The molecule has 5 heteroatoms. The molecule has 1 unspecified atom stereocenters. The molecule has 2 N–H and O–H groups in total. The van der Waals surface area contributed by atoms with E-state index in [4.69, 9.17) is 0 Å². The molecule has 1 atom stereocenters. The summed E-state index contributed by atoms with van der Waals surface area (Å²) in [6, 6.07) is 0.497. The lowest BCUT2D eigenvalue weighted by atomic mass is 10.1. The highest BCUT2D eigenvalue weighted by molar-refractivity contribution is 5.56. The fourth-order valence-corrected chi connectivity index (χ4v) is 2.50. The van der Waals surface area contributed by atoms with Crippen LogP contribution < -0.4 is 10.6 Å². The van der Waals surface area contributed by atoms with Gasteiger partial charge in [-0.1, -0.05) is 6.92 Å². The van der Waals surface area contributed by atoms with Crippen LogP contribution >= 0.6 is 0 Å². The lowest BCUT2D eigenvalue weighted by Crippen LogP contribution is -2.42. The Bertz CT molecular complexity index is 393. The van der Waals surface area contributed by atoms with Crippen molar-refractivity contribution in [2.75, 3.05) is 37.3 Å². The number of likely N-dealkylation sites (N-methyl/N-ethyl adjacent to an activating group) is 1. The molecule has 0 amide bonds. The predicted molar refractivity (Wildman–Crippen MR) is 75.1 cm³/mol. The van der Waals surface area contributed by atoms with Gasteiger partial charge in [0.25, 0.3) is 0 Å². The molecule has 0 aromatic carbocycles. The number of nitrogens with zero attached hydrogens (tertiary/aromatic N) is 3. The second-order valence-electron chi connectivity index (χ2n) is 4.82. The van der Waals surface area contributed by atoms with E-state index >= 15 is 0 Å². The van der Waals surface area contributed by atoms with E-state index in [0.29, 0.717) is 6.04 Å². The Morgan fingerprint density at radius 2 is 2.17 bits per heavy atom. The zero-order valence-corrected chi connectivity index (χ0v) is 11.5. The first kappa shape index (κ1) is 13.1. The number of piperidine rings is 1. The van der Waals surface area contributed by atoms with Crippen molar-refractivity contribution in [3.63, 3.8) is 0 Å². The zero-order chi connectivity index (χ0) is 13.0. The summed E-state index contributed by atoms with van der Waals surface area (Å²) in [6.45, 7) is 7.72. The van der Waals surface area contributed by atoms with Crippen LogP contribution in [0, 0.1) is 6.92 Å². The molecule has 0 saturated carbocycles. The van der Waals surface area contributed by atoms with E-state index in [1.807, 2.05) is 7.05 Å². The SMILES string of the molecule is CCN1CCCC(Nc2ncnc(NC)c2C)C1. The first-order chi connectivity index (χ1) is 8.74. The molecule has 0 radical (unpaired) electrons. The standard InChI is InChI=1S/C13H23N5/c1-4-18-7-5-6-11(8-18)17-13-10(2)12(14-3)15-9-16-13/h9,11H,4-8H2,1-3H3,(H2,14,15,16,17). The number of hydrogen-bond acceptors (Lipinski definition) is 5. The van der Waals surface area contributed by atoms with Gasteiger partial charge in [-0.15, -0.1) is 0 Å². The summed E-state index contributed by atoms with van der Waals surface area (Å²) in [6.07, 6.45) is 4.09. The van der Waals surface area contributed by atoms with Crippen LogP contribution in [0.3, 0.4) is 0 Å². The van der Waals surface area contributed by atoms with E-state index in [1.165, 1.54) is 19.4 Å². The van der Waals surface area contributed by atoms with Gasteiger partial charge in [0, 0.05) is 25.2 Å². The summed E-state index contributed by atoms with van der Waals surface area (Å²) in [7, 11) is 1.89. The van der Waals surface area contributed by atoms with Crippen molar-refractivity contribution in [1.29, 1.82) is 0 Å². The third-order valence-electron chi connectivity index (χ3n) is 3.61. The van der Waals surface area contributed by atoms with Gasteiger partial charge in [-0.05, 0) is 32.9 Å². The predicted octanol–water partition coefficient (Wildman–Crippen LogP) is 1.72. The lowest BCUT2D eigenvalue weighted by Gasteiger charge is -2.32. The van der Waals surface area contributed by atoms with E-state index in [-0.39, 0.29) is 0 Å². The molecule has 0 bridgehead atoms. The van der Waals surface area contributed by atoms with E-state index < -0.39 is 0 Å². The van der Waals surface area contributed by atoms with E-state index in [0.717, 1.165) is 30.3 Å². The van der Waals surface area contributed by atoms with Gasteiger partial charge in [0.05, 0.1) is 0 Å². The van der Waals surface area contributed by atoms with Gasteiger partial charge in [0.1, 0.15) is 18.0 Å². The average Bonchev–Trinajstić information content (AvgIpc) is 2.41.